The summed E-state index contributed by atoms with van der Waals surface area (Å²) in [6.07, 6.45) is 6.80. The van der Waals surface area contributed by atoms with Crippen LogP contribution in [0.1, 0.15) is 18.4 Å². The average molecular weight is 336 g/mol. The lowest BCUT2D eigenvalue weighted by Crippen LogP contribution is -2.44. The largest absolute Gasteiger partial charge is 0.365 e. The molecule has 1 aromatic carbocycles. The number of aromatic amines is 1. The fraction of sp³-hybridized carbons (Fsp3) is 0.333. The zero-order valence-electron chi connectivity index (χ0n) is 14.1. The van der Waals surface area contributed by atoms with Gasteiger partial charge in [-0.1, -0.05) is 12.1 Å². The third-order valence-corrected chi connectivity index (χ3v) is 4.62. The molecule has 0 aliphatic carbocycles. The van der Waals surface area contributed by atoms with Crippen molar-refractivity contribution < 1.29 is 0 Å². The molecule has 4 rings (SSSR count). The van der Waals surface area contributed by atoms with E-state index in [1.807, 2.05) is 17.0 Å². The van der Waals surface area contributed by atoms with Gasteiger partial charge in [-0.2, -0.15) is 0 Å². The Morgan fingerprint density at radius 1 is 1.28 bits per heavy atom. The SMILES string of the molecule is Cc1cccc2c(N[C@@H]3CCCN(c4ncc[nH]c4=O)C3)ncnc12. The van der Waals surface area contributed by atoms with Gasteiger partial charge in [-0.25, -0.2) is 15.0 Å². The van der Waals surface area contributed by atoms with E-state index in [9.17, 15) is 4.79 Å². The highest BCUT2D eigenvalue weighted by Gasteiger charge is 2.23. The van der Waals surface area contributed by atoms with Crippen molar-refractivity contribution in [2.45, 2.75) is 25.8 Å². The van der Waals surface area contributed by atoms with Gasteiger partial charge in [0.25, 0.3) is 5.56 Å². The molecule has 0 spiro atoms. The highest BCUT2D eigenvalue weighted by molar-refractivity contribution is 5.90. The van der Waals surface area contributed by atoms with Crippen LogP contribution in [0.3, 0.4) is 0 Å². The molecule has 3 heterocycles. The number of hydrogen-bond donors (Lipinski definition) is 2. The normalized spacial score (nSPS) is 17.6. The molecule has 0 unspecified atom stereocenters. The summed E-state index contributed by atoms with van der Waals surface area (Å²) in [5.41, 5.74) is 1.95. The molecule has 1 aliphatic heterocycles. The van der Waals surface area contributed by atoms with Crippen molar-refractivity contribution in [2.24, 2.45) is 0 Å². The van der Waals surface area contributed by atoms with E-state index < -0.39 is 0 Å². The predicted molar refractivity (Wildman–Crippen MR) is 98.0 cm³/mol. The van der Waals surface area contributed by atoms with Gasteiger partial charge in [0.1, 0.15) is 12.1 Å². The van der Waals surface area contributed by atoms with Crippen molar-refractivity contribution in [3.05, 3.63) is 52.8 Å². The minimum absolute atomic E-state index is 0.147. The monoisotopic (exact) mass is 336 g/mol. The minimum Gasteiger partial charge on any atom is -0.365 e. The van der Waals surface area contributed by atoms with E-state index in [1.54, 1.807) is 18.7 Å². The summed E-state index contributed by atoms with van der Waals surface area (Å²) in [5.74, 6) is 1.33. The molecule has 1 aliphatic rings. The van der Waals surface area contributed by atoms with Crippen molar-refractivity contribution in [3.8, 4) is 0 Å². The molecule has 0 saturated carbocycles. The van der Waals surface area contributed by atoms with Gasteiger partial charge in [-0.3, -0.25) is 4.79 Å². The summed E-state index contributed by atoms with van der Waals surface area (Å²) in [7, 11) is 0. The van der Waals surface area contributed by atoms with E-state index >= 15 is 0 Å². The van der Waals surface area contributed by atoms with Crippen LogP contribution in [0.2, 0.25) is 0 Å². The summed E-state index contributed by atoms with van der Waals surface area (Å²) >= 11 is 0. The fourth-order valence-corrected chi connectivity index (χ4v) is 3.40. The number of aromatic nitrogens is 4. The van der Waals surface area contributed by atoms with E-state index in [0.29, 0.717) is 5.82 Å². The molecule has 2 N–H and O–H groups in total. The van der Waals surface area contributed by atoms with E-state index in [1.165, 1.54) is 0 Å². The first-order valence-electron chi connectivity index (χ1n) is 8.48. The van der Waals surface area contributed by atoms with Crippen LogP contribution in [0, 0.1) is 6.92 Å². The molecule has 0 radical (unpaired) electrons. The van der Waals surface area contributed by atoms with Gasteiger partial charge in [-0.05, 0) is 31.4 Å². The van der Waals surface area contributed by atoms with Gasteiger partial charge < -0.3 is 15.2 Å². The highest BCUT2D eigenvalue weighted by atomic mass is 16.1. The Kier molecular flexibility index (Phi) is 4.05. The number of nitrogens with zero attached hydrogens (tertiary/aromatic N) is 4. The maximum atomic E-state index is 12.0. The van der Waals surface area contributed by atoms with Crippen LogP contribution < -0.4 is 15.8 Å². The zero-order chi connectivity index (χ0) is 17.2. The second-order valence-corrected chi connectivity index (χ2v) is 6.36. The van der Waals surface area contributed by atoms with Crippen molar-refractivity contribution in [2.75, 3.05) is 23.3 Å². The maximum Gasteiger partial charge on any atom is 0.290 e. The maximum absolute atomic E-state index is 12.0. The number of nitrogens with one attached hydrogen (secondary N) is 2. The summed E-state index contributed by atoms with van der Waals surface area (Å²) < 4.78 is 0. The lowest BCUT2D eigenvalue weighted by atomic mass is 10.1. The van der Waals surface area contributed by atoms with E-state index in [0.717, 1.165) is 48.2 Å². The van der Waals surface area contributed by atoms with E-state index in [-0.39, 0.29) is 11.6 Å². The van der Waals surface area contributed by atoms with Crippen LogP contribution in [0.4, 0.5) is 11.6 Å². The number of benzene rings is 1. The molecule has 2 aromatic heterocycles. The molecule has 1 saturated heterocycles. The Morgan fingerprint density at radius 3 is 3.08 bits per heavy atom. The van der Waals surface area contributed by atoms with Crippen molar-refractivity contribution in [3.63, 3.8) is 0 Å². The van der Waals surface area contributed by atoms with Crippen molar-refractivity contribution in [1.29, 1.82) is 0 Å². The Labute approximate surface area is 145 Å². The standard InChI is InChI=1S/C18H20N6O/c1-12-4-2-6-14-15(12)21-11-22-16(14)23-13-5-3-9-24(10-13)17-18(25)20-8-7-19-17/h2,4,6-8,11,13H,3,5,9-10H2,1H3,(H,20,25)(H,21,22,23)/t13-/m1/s1. The topological polar surface area (TPSA) is 86.8 Å². The molecule has 25 heavy (non-hydrogen) atoms. The van der Waals surface area contributed by atoms with Crippen molar-refractivity contribution >= 4 is 22.5 Å². The smallest absolute Gasteiger partial charge is 0.290 e. The molecule has 0 amide bonds. The molecule has 1 fully saturated rings. The fourth-order valence-electron chi connectivity index (χ4n) is 3.40. The number of H-pyrrole nitrogens is 1. The predicted octanol–water partition coefficient (Wildman–Crippen LogP) is 2.10. The highest BCUT2D eigenvalue weighted by Crippen LogP contribution is 2.24. The number of fused-ring (bicyclic) bond motifs is 1. The number of rotatable bonds is 3. The van der Waals surface area contributed by atoms with Crippen LogP contribution in [-0.4, -0.2) is 39.1 Å². The Balaban J connectivity index is 1.58. The lowest BCUT2D eigenvalue weighted by molar-refractivity contribution is 0.524. The molecule has 1 atom stereocenters. The Bertz CT molecular complexity index is 953. The molecule has 0 bridgehead atoms. The van der Waals surface area contributed by atoms with E-state index in [4.69, 9.17) is 0 Å². The molecular weight excluding hydrogens is 316 g/mol. The van der Waals surface area contributed by atoms with Crippen molar-refractivity contribution in [1.82, 2.24) is 19.9 Å². The quantitative estimate of drug-likeness (QED) is 0.762. The van der Waals surface area contributed by atoms with Crippen LogP contribution >= 0.6 is 0 Å². The number of piperidine rings is 1. The van der Waals surface area contributed by atoms with Crippen LogP contribution in [0.25, 0.3) is 10.9 Å². The van der Waals surface area contributed by atoms with Gasteiger partial charge in [0.05, 0.1) is 5.52 Å². The van der Waals surface area contributed by atoms with Gasteiger partial charge in [0.2, 0.25) is 0 Å². The van der Waals surface area contributed by atoms with Crippen LogP contribution in [0.15, 0.2) is 41.7 Å². The number of aryl methyl sites for hydroxylation is 1. The molecule has 7 heteroatoms. The van der Waals surface area contributed by atoms with Gasteiger partial charge in [0, 0.05) is 36.9 Å². The third kappa shape index (κ3) is 3.05. The third-order valence-electron chi connectivity index (χ3n) is 4.62. The molecule has 3 aromatic rings. The molecular formula is C18H20N6O. The first-order valence-corrected chi connectivity index (χ1v) is 8.48. The van der Waals surface area contributed by atoms with Crippen LogP contribution in [0.5, 0.6) is 0 Å². The number of para-hydroxylation sites is 1. The second kappa shape index (κ2) is 6.51. The molecule has 128 valence electrons. The Hall–Kier alpha value is -2.96. The number of hydrogen-bond acceptors (Lipinski definition) is 6. The minimum atomic E-state index is -0.147. The first-order chi connectivity index (χ1) is 12.2. The summed E-state index contributed by atoms with van der Waals surface area (Å²) in [6, 6.07) is 6.31. The first kappa shape index (κ1) is 15.6. The van der Waals surface area contributed by atoms with Gasteiger partial charge in [-0.15, -0.1) is 0 Å². The van der Waals surface area contributed by atoms with E-state index in [2.05, 4.69) is 38.2 Å². The summed E-state index contributed by atoms with van der Waals surface area (Å²) in [6.45, 7) is 3.61. The number of anilines is 2. The average Bonchev–Trinajstić information content (AvgIpc) is 2.63. The van der Waals surface area contributed by atoms with Gasteiger partial charge in [0.15, 0.2) is 5.82 Å². The van der Waals surface area contributed by atoms with Gasteiger partial charge >= 0.3 is 0 Å². The summed E-state index contributed by atoms with van der Waals surface area (Å²) in [4.78, 5) is 29.8. The summed E-state index contributed by atoms with van der Waals surface area (Å²) in [5, 5.41) is 4.56. The van der Waals surface area contributed by atoms with Crippen LogP contribution in [-0.2, 0) is 0 Å². The zero-order valence-corrected chi connectivity index (χ0v) is 14.1. The second-order valence-electron chi connectivity index (χ2n) is 6.36. The molecule has 7 nitrogen and oxygen atoms in total. The lowest BCUT2D eigenvalue weighted by Gasteiger charge is -2.33. The Morgan fingerprint density at radius 2 is 2.20 bits per heavy atom.